The van der Waals surface area contributed by atoms with Gasteiger partial charge >= 0.3 is 42.4 Å². The molecular weight excluding hydrogens is 499 g/mol. The minimum absolute atomic E-state index is 0.112. The smallest absolute Gasteiger partial charge is 0.480 e. The molecule has 0 aromatic heterocycles. The Hall–Kier alpha value is -3.52. The van der Waals surface area contributed by atoms with Crippen molar-refractivity contribution in [2.24, 2.45) is 11.5 Å². The van der Waals surface area contributed by atoms with E-state index in [4.69, 9.17) is 51.7 Å². The number of guanidine groups is 1. The predicted octanol–water partition coefficient (Wildman–Crippen LogP) is 0.561. The Labute approximate surface area is 176 Å². The van der Waals surface area contributed by atoms with Crippen molar-refractivity contribution in [1.29, 1.82) is 5.41 Å². The third-order valence-electron chi connectivity index (χ3n) is 2.05. The molecule has 0 saturated heterocycles. The Balaban J connectivity index is -0.000000176. The molecule has 1 atom stereocenters. The fourth-order valence-corrected chi connectivity index (χ4v) is 0.669. The topological polar surface area (TPSA) is 237 Å². The first-order valence-electron chi connectivity index (χ1n) is 7.33. The average molecular weight is 516 g/mol. The summed E-state index contributed by atoms with van der Waals surface area (Å²) in [5.41, 5.74) is 10.2. The van der Waals surface area contributed by atoms with Crippen molar-refractivity contribution in [3.8, 4) is 0 Å². The van der Waals surface area contributed by atoms with Gasteiger partial charge in [0.1, 0.15) is 6.04 Å². The first-order valence-corrected chi connectivity index (χ1v) is 7.33. The van der Waals surface area contributed by atoms with E-state index >= 15 is 0 Å². The molecule has 0 saturated carbocycles. The van der Waals surface area contributed by atoms with Gasteiger partial charge in [-0.15, -0.1) is 0 Å². The minimum atomic E-state index is -5.08. The Morgan fingerprint density at radius 1 is 0.758 bits per heavy atom. The maximum atomic E-state index is 10.6. The van der Waals surface area contributed by atoms with Crippen LogP contribution in [0.15, 0.2) is 0 Å². The van der Waals surface area contributed by atoms with Gasteiger partial charge in [0.15, 0.2) is 5.96 Å². The van der Waals surface area contributed by atoms with Gasteiger partial charge in [-0.3, -0.25) is 10.2 Å². The van der Waals surface area contributed by atoms with Gasteiger partial charge in [0.05, 0.1) is 0 Å². The van der Waals surface area contributed by atoms with Crippen LogP contribution in [0.2, 0.25) is 0 Å². The molecule has 12 nitrogen and oxygen atoms in total. The summed E-state index contributed by atoms with van der Waals surface area (Å²) in [5.74, 6) is -9.38. The first kappa shape index (κ1) is 36.8. The maximum Gasteiger partial charge on any atom is 0.490 e. The molecule has 0 spiro atoms. The van der Waals surface area contributed by atoms with E-state index in [9.17, 15) is 44.3 Å². The Kier molecular flexibility index (Phi) is 18.0. The van der Waals surface area contributed by atoms with Crippen molar-refractivity contribution in [2.75, 3.05) is 6.54 Å². The summed E-state index contributed by atoms with van der Waals surface area (Å²) in [4.78, 5) is 36.9. The molecule has 0 amide bonds. The Morgan fingerprint density at radius 2 is 1.00 bits per heavy atom. The van der Waals surface area contributed by atoms with Crippen LogP contribution in [0.1, 0.15) is 12.8 Å². The van der Waals surface area contributed by atoms with Gasteiger partial charge in [-0.2, -0.15) is 39.5 Å². The summed E-state index contributed by atoms with van der Waals surface area (Å²) in [5, 5.41) is 39.1. The number of carboxylic acid groups (broad SMARTS) is 4. The Morgan fingerprint density at radius 3 is 1.15 bits per heavy atom. The van der Waals surface area contributed by atoms with Gasteiger partial charge in [-0.05, 0) is 12.8 Å². The zero-order chi connectivity index (χ0) is 27.8. The van der Waals surface area contributed by atoms with Crippen LogP contribution in [0.3, 0.4) is 0 Å². The minimum Gasteiger partial charge on any atom is -0.480 e. The van der Waals surface area contributed by atoms with Crippen LogP contribution in [0.5, 0.6) is 0 Å². The highest BCUT2D eigenvalue weighted by atomic mass is 19.4. The normalized spacial score (nSPS) is 11.6. The standard InChI is InChI=1S/C6H14N4O2.3C2HF3O2/c7-4(5(11)12)2-1-3-10-6(8)9;3*3-2(4,5)1(6)7/h4H,1-3,7H2,(H,11,12)(H4,8,9,10);3*(H,6,7)/t4-;;;/m0.../s1. The molecule has 33 heavy (non-hydrogen) atoms. The zero-order valence-corrected chi connectivity index (χ0v) is 15.7. The summed E-state index contributed by atoms with van der Waals surface area (Å²) in [7, 11) is 0. The molecule has 0 heterocycles. The van der Waals surface area contributed by atoms with Crippen molar-refractivity contribution in [3.05, 3.63) is 0 Å². The van der Waals surface area contributed by atoms with Crippen LogP contribution in [-0.2, 0) is 19.2 Å². The fraction of sp³-hybridized carbons (Fsp3) is 0.583. The van der Waals surface area contributed by atoms with E-state index in [-0.39, 0.29) is 5.96 Å². The molecule has 0 radical (unpaired) electrons. The van der Waals surface area contributed by atoms with Crippen LogP contribution < -0.4 is 16.8 Å². The molecular formula is C12H17F9N4O8. The molecule has 0 aromatic rings. The Bertz CT molecular complexity index is 593. The van der Waals surface area contributed by atoms with Gasteiger partial charge in [0.2, 0.25) is 0 Å². The number of hydrogen-bond acceptors (Lipinski definition) is 6. The molecule has 0 aromatic carbocycles. The lowest BCUT2D eigenvalue weighted by atomic mass is 10.2. The first-order chi connectivity index (χ1) is 14.4. The highest BCUT2D eigenvalue weighted by molar-refractivity contribution is 5.74. The van der Waals surface area contributed by atoms with Crippen LogP contribution in [0.4, 0.5) is 39.5 Å². The summed E-state index contributed by atoms with van der Waals surface area (Å²) in [6.07, 6.45) is -14.3. The van der Waals surface area contributed by atoms with E-state index in [0.29, 0.717) is 19.4 Å². The van der Waals surface area contributed by atoms with E-state index in [2.05, 4.69) is 5.32 Å². The van der Waals surface area contributed by atoms with E-state index in [1.807, 2.05) is 0 Å². The number of hydrogen-bond donors (Lipinski definition) is 8. The second-order valence-corrected chi connectivity index (χ2v) is 4.84. The molecule has 0 bridgehead atoms. The van der Waals surface area contributed by atoms with Crippen molar-refractivity contribution in [1.82, 2.24) is 5.32 Å². The highest BCUT2D eigenvalue weighted by Crippen LogP contribution is 2.14. The van der Waals surface area contributed by atoms with E-state index in [1.165, 1.54) is 0 Å². The van der Waals surface area contributed by atoms with Gasteiger partial charge < -0.3 is 37.2 Å². The molecule has 0 unspecified atom stereocenters. The van der Waals surface area contributed by atoms with E-state index in [0.717, 1.165) is 0 Å². The number of carboxylic acids is 4. The second kappa shape index (κ2) is 16.2. The lowest BCUT2D eigenvalue weighted by molar-refractivity contribution is -0.193. The van der Waals surface area contributed by atoms with E-state index in [1.54, 1.807) is 0 Å². The lowest BCUT2D eigenvalue weighted by Crippen LogP contribution is -2.34. The molecule has 196 valence electrons. The SMILES string of the molecule is N=C(N)NCCC[C@H](N)C(=O)O.O=C(O)C(F)(F)F.O=C(O)C(F)(F)F.O=C(O)C(F)(F)F. The van der Waals surface area contributed by atoms with Crippen molar-refractivity contribution in [3.63, 3.8) is 0 Å². The van der Waals surface area contributed by atoms with Crippen LogP contribution in [0.25, 0.3) is 0 Å². The number of rotatable bonds is 5. The van der Waals surface area contributed by atoms with Crippen molar-refractivity contribution < 1.29 is 79.1 Å². The highest BCUT2D eigenvalue weighted by Gasteiger charge is 2.39. The quantitative estimate of drug-likeness (QED) is 0.109. The zero-order valence-electron chi connectivity index (χ0n) is 15.7. The summed E-state index contributed by atoms with van der Waals surface area (Å²) < 4.78 is 95.2. The molecule has 0 fully saturated rings. The number of carbonyl (C=O) groups is 4. The largest absolute Gasteiger partial charge is 0.490 e. The van der Waals surface area contributed by atoms with Gasteiger partial charge in [0.25, 0.3) is 0 Å². The summed E-state index contributed by atoms with van der Waals surface area (Å²) in [6.45, 7) is 0.482. The summed E-state index contributed by atoms with van der Waals surface area (Å²) >= 11 is 0. The second-order valence-electron chi connectivity index (χ2n) is 4.84. The van der Waals surface area contributed by atoms with Crippen molar-refractivity contribution in [2.45, 2.75) is 37.4 Å². The third-order valence-corrected chi connectivity index (χ3v) is 2.05. The molecule has 0 aliphatic rings. The molecule has 0 aliphatic carbocycles. The van der Waals surface area contributed by atoms with Crippen LogP contribution >= 0.6 is 0 Å². The monoisotopic (exact) mass is 516 g/mol. The third kappa shape index (κ3) is 30.8. The number of aliphatic carboxylic acids is 4. The van der Waals surface area contributed by atoms with Crippen LogP contribution in [0, 0.1) is 5.41 Å². The van der Waals surface area contributed by atoms with E-state index < -0.39 is 48.4 Å². The lowest BCUT2D eigenvalue weighted by Gasteiger charge is -2.06. The molecule has 0 aliphatic heterocycles. The molecule has 0 rings (SSSR count). The van der Waals surface area contributed by atoms with Gasteiger partial charge in [0, 0.05) is 6.54 Å². The number of nitrogens with one attached hydrogen (secondary N) is 2. The van der Waals surface area contributed by atoms with Gasteiger partial charge in [-0.1, -0.05) is 0 Å². The number of nitrogens with two attached hydrogens (primary N) is 2. The predicted molar refractivity (Wildman–Crippen MR) is 85.8 cm³/mol. The number of alkyl halides is 9. The molecule has 21 heteroatoms. The van der Waals surface area contributed by atoms with Crippen LogP contribution in [-0.4, -0.2) is 81.4 Å². The number of halogens is 9. The fourth-order valence-electron chi connectivity index (χ4n) is 0.669. The molecule has 10 N–H and O–H groups in total. The van der Waals surface area contributed by atoms with Crippen molar-refractivity contribution >= 4 is 29.8 Å². The van der Waals surface area contributed by atoms with Gasteiger partial charge in [-0.25, -0.2) is 14.4 Å². The maximum absolute atomic E-state index is 10.6. The average Bonchev–Trinajstić information content (AvgIpc) is 2.57. The summed E-state index contributed by atoms with van der Waals surface area (Å²) in [6, 6.07) is -0.821.